The van der Waals surface area contributed by atoms with Crippen molar-refractivity contribution >= 4 is 55.4 Å². The molecule has 14 rings (SSSR count). The SMILES string of the molecule is N#Cc1ccc2c(c1)c1cc(-c3cccc4c3Sc3c(-c5ccc6c(c5)c5cc(C#N)ccc5n6-c5ccccc5)cccc3C43c4cccnc4-c4ncccc43)ccc1n2-c1ccccc1. The van der Waals surface area contributed by atoms with E-state index in [0.29, 0.717) is 11.1 Å². The maximum atomic E-state index is 10.1. The minimum Gasteiger partial charge on any atom is -0.309 e. The minimum absolute atomic E-state index is 0.628. The number of para-hydroxylation sites is 2. The van der Waals surface area contributed by atoms with Crippen LogP contribution in [0.1, 0.15) is 33.4 Å². The van der Waals surface area contributed by atoms with Crippen molar-refractivity contribution in [3.63, 3.8) is 0 Å². The van der Waals surface area contributed by atoms with Crippen LogP contribution in [-0.2, 0) is 5.41 Å². The molecule has 4 aromatic heterocycles. The van der Waals surface area contributed by atoms with E-state index in [0.717, 1.165) is 99.8 Å². The minimum atomic E-state index is -0.723. The molecule has 2 aliphatic rings. The van der Waals surface area contributed by atoms with Gasteiger partial charge in [0.15, 0.2) is 0 Å². The van der Waals surface area contributed by atoms with Crippen molar-refractivity contribution in [1.82, 2.24) is 19.1 Å². The van der Waals surface area contributed by atoms with Gasteiger partial charge in [-0.2, -0.15) is 10.5 Å². The summed E-state index contributed by atoms with van der Waals surface area (Å²) in [7, 11) is 0. The summed E-state index contributed by atoms with van der Waals surface area (Å²) in [6, 6.07) is 73.3. The smallest absolute Gasteiger partial charge is 0.0991 e. The van der Waals surface area contributed by atoms with Gasteiger partial charge in [0.2, 0.25) is 0 Å². The van der Waals surface area contributed by atoms with Gasteiger partial charge in [-0.25, -0.2) is 0 Å². The molecule has 6 nitrogen and oxygen atoms in total. The van der Waals surface area contributed by atoms with E-state index in [4.69, 9.17) is 9.97 Å². The first-order chi connectivity index (χ1) is 33.6. The van der Waals surface area contributed by atoms with Crippen molar-refractivity contribution in [1.29, 1.82) is 10.5 Å². The van der Waals surface area contributed by atoms with Crippen LogP contribution in [0.3, 0.4) is 0 Å². The molecule has 0 bridgehead atoms. The summed E-state index contributed by atoms with van der Waals surface area (Å²) in [5.74, 6) is 0. The number of nitrogens with zero attached hydrogens (tertiary/aromatic N) is 6. The predicted molar refractivity (Wildman–Crippen MR) is 272 cm³/mol. The first-order valence-corrected chi connectivity index (χ1v) is 23.4. The lowest BCUT2D eigenvalue weighted by molar-refractivity contribution is 0.721. The van der Waals surface area contributed by atoms with Gasteiger partial charge in [0.05, 0.1) is 62.1 Å². The summed E-state index contributed by atoms with van der Waals surface area (Å²) in [5, 5.41) is 24.4. The Morgan fingerprint density at radius 2 is 0.809 bits per heavy atom. The van der Waals surface area contributed by atoms with E-state index in [2.05, 4.69) is 179 Å². The van der Waals surface area contributed by atoms with Gasteiger partial charge in [-0.3, -0.25) is 9.97 Å². The number of benzene rings is 8. The number of pyridine rings is 2. The topological polar surface area (TPSA) is 83.2 Å². The Labute approximate surface area is 395 Å². The maximum Gasteiger partial charge on any atom is 0.0991 e. The molecule has 68 heavy (non-hydrogen) atoms. The third kappa shape index (κ3) is 5.22. The van der Waals surface area contributed by atoms with Crippen LogP contribution >= 0.6 is 11.8 Å². The monoisotopic (exact) mass is 882 g/mol. The van der Waals surface area contributed by atoms with Gasteiger partial charge in [0.1, 0.15) is 0 Å². The van der Waals surface area contributed by atoms with Gasteiger partial charge in [-0.15, -0.1) is 0 Å². The Morgan fingerprint density at radius 3 is 1.25 bits per heavy atom. The van der Waals surface area contributed by atoms with Gasteiger partial charge in [0, 0.05) is 55.1 Å². The summed E-state index contributed by atoms with van der Waals surface area (Å²) < 4.78 is 4.59. The Bertz CT molecular complexity index is 3940. The van der Waals surface area contributed by atoms with Crippen LogP contribution in [0, 0.1) is 22.7 Å². The highest BCUT2D eigenvalue weighted by Gasteiger charge is 2.52. The van der Waals surface area contributed by atoms with E-state index in [1.54, 1.807) is 0 Å². The third-order valence-corrected chi connectivity index (χ3v) is 15.4. The molecule has 0 N–H and O–H groups in total. The average Bonchev–Trinajstić information content (AvgIpc) is 4.02. The second-order valence-electron chi connectivity index (χ2n) is 17.5. The molecule has 0 radical (unpaired) electrons. The summed E-state index contributed by atoms with van der Waals surface area (Å²) in [5.41, 5.74) is 17.8. The van der Waals surface area contributed by atoms with Gasteiger partial charge in [0.25, 0.3) is 0 Å². The van der Waals surface area contributed by atoms with Gasteiger partial charge in [-0.05, 0) is 142 Å². The summed E-state index contributed by atoms with van der Waals surface area (Å²) in [4.78, 5) is 12.4. The van der Waals surface area contributed by atoms with Crippen LogP contribution in [0.2, 0.25) is 0 Å². The van der Waals surface area contributed by atoms with E-state index in [1.807, 2.05) is 60.6 Å². The molecule has 314 valence electrons. The van der Waals surface area contributed by atoms with Crippen LogP contribution in [0.4, 0.5) is 0 Å². The Hall–Kier alpha value is -9.01. The largest absolute Gasteiger partial charge is 0.309 e. The maximum absolute atomic E-state index is 10.1. The summed E-state index contributed by atoms with van der Waals surface area (Å²) in [6.45, 7) is 0. The standard InChI is InChI=1S/C61H34N6S/c62-35-37-21-25-53-45(31-37)47-33-39(23-27-55(47)66(53)41-11-3-1-4-12-41)43-15-7-17-51-59(43)68-60-44(16-8-18-52(60)61(51)49-19-9-29-64-57(49)58-50(61)20-10-30-65-58)40-24-28-56-48(34-40)46-32-38(36-63)22-26-54(46)67(56)42-13-5-2-6-14-42/h1-34H. The van der Waals surface area contributed by atoms with Crippen molar-refractivity contribution in [3.05, 3.63) is 240 Å². The number of fused-ring (bicyclic) bond motifs is 15. The molecule has 1 spiro atoms. The van der Waals surface area contributed by atoms with Crippen LogP contribution in [0.25, 0.3) is 88.6 Å². The van der Waals surface area contributed by atoms with E-state index < -0.39 is 5.41 Å². The highest BCUT2D eigenvalue weighted by atomic mass is 32.2. The molecule has 0 saturated carbocycles. The molecule has 5 heterocycles. The Morgan fingerprint density at radius 1 is 0.397 bits per heavy atom. The summed E-state index contributed by atoms with van der Waals surface area (Å²) >= 11 is 1.83. The first kappa shape index (κ1) is 38.3. The second kappa shape index (κ2) is 14.5. The highest BCUT2D eigenvalue weighted by Crippen LogP contribution is 2.64. The van der Waals surface area contributed by atoms with Gasteiger partial charge < -0.3 is 9.13 Å². The summed E-state index contributed by atoms with van der Waals surface area (Å²) in [6.07, 6.45) is 3.75. The lowest BCUT2D eigenvalue weighted by atomic mass is 9.67. The molecular formula is C61H34N6S. The number of rotatable bonds is 4. The van der Waals surface area contributed by atoms with Crippen molar-refractivity contribution in [2.45, 2.75) is 15.2 Å². The van der Waals surface area contributed by atoms with Gasteiger partial charge >= 0.3 is 0 Å². The van der Waals surface area contributed by atoms with E-state index >= 15 is 0 Å². The molecule has 0 amide bonds. The molecule has 1 aliphatic carbocycles. The molecule has 7 heteroatoms. The quantitative estimate of drug-likeness (QED) is 0.176. The Balaban J connectivity index is 1.04. The normalized spacial score (nSPS) is 13.0. The third-order valence-electron chi connectivity index (χ3n) is 14.1. The van der Waals surface area contributed by atoms with E-state index in [9.17, 15) is 10.5 Å². The fourth-order valence-electron chi connectivity index (χ4n) is 11.3. The lowest BCUT2D eigenvalue weighted by Crippen LogP contribution is -2.32. The number of hydrogen-bond acceptors (Lipinski definition) is 5. The average molecular weight is 883 g/mol. The van der Waals surface area contributed by atoms with Crippen molar-refractivity contribution in [2.75, 3.05) is 0 Å². The molecule has 1 aliphatic heterocycles. The zero-order valence-electron chi connectivity index (χ0n) is 36.2. The zero-order valence-corrected chi connectivity index (χ0v) is 37.0. The molecule has 0 saturated heterocycles. The molecule has 8 aromatic carbocycles. The Kier molecular flexibility index (Phi) is 8.16. The molecule has 0 unspecified atom stereocenters. The molecule has 0 fully saturated rings. The van der Waals surface area contributed by atoms with E-state index in [-0.39, 0.29) is 0 Å². The lowest BCUT2D eigenvalue weighted by Gasteiger charge is -2.40. The number of nitriles is 2. The molecular weight excluding hydrogens is 849 g/mol. The predicted octanol–water partition coefficient (Wildman–Crippen LogP) is 14.6. The fourth-order valence-corrected chi connectivity index (χ4v) is 12.8. The van der Waals surface area contributed by atoms with E-state index in [1.165, 1.54) is 20.9 Å². The zero-order chi connectivity index (χ0) is 45.1. The van der Waals surface area contributed by atoms with Crippen LogP contribution in [-0.4, -0.2) is 19.1 Å². The van der Waals surface area contributed by atoms with Crippen molar-refractivity contribution in [2.24, 2.45) is 0 Å². The first-order valence-electron chi connectivity index (χ1n) is 22.6. The second-order valence-corrected chi connectivity index (χ2v) is 18.5. The van der Waals surface area contributed by atoms with Crippen LogP contribution in [0.5, 0.6) is 0 Å². The van der Waals surface area contributed by atoms with Crippen molar-refractivity contribution < 1.29 is 0 Å². The fraction of sp³-hybridized carbons (Fsp3) is 0.0164. The van der Waals surface area contributed by atoms with Gasteiger partial charge in [-0.1, -0.05) is 109 Å². The van der Waals surface area contributed by atoms with Crippen LogP contribution in [0.15, 0.2) is 216 Å². The molecule has 12 aromatic rings. The molecule has 0 atom stereocenters. The van der Waals surface area contributed by atoms with Crippen LogP contribution < -0.4 is 0 Å². The number of hydrogen-bond donors (Lipinski definition) is 0. The van der Waals surface area contributed by atoms with Crippen molar-refractivity contribution in [3.8, 4) is 57.2 Å². The highest BCUT2D eigenvalue weighted by molar-refractivity contribution is 7.99. The number of aromatic nitrogens is 4.